The van der Waals surface area contributed by atoms with Crippen molar-refractivity contribution in [3.63, 3.8) is 0 Å². The number of carbonyl (C=O) groups excluding carboxylic acids is 1. The summed E-state index contributed by atoms with van der Waals surface area (Å²) in [5.74, 6) is 0.547. The summed E-state index contributed by atoms with van der Waals surface area (Å²) in [6.07, 6.45) is 2.05. The number of carbonyl (C=O) groups is 1. The molecular weight excluding hydrogens is 260 g/mol. The Balaban J connectivity index is 3.39. The topological polar surface area (TPSA) is 44.1 Å². The van der Waals surface area contributed by atoms with Crippen LogP contribution in [0.2, 0.25) is 0 Å². The highest BCUT2D eigenvalue weighted by molar-refractivity contribution is 6.00. The molecule has 1 rings (SSSR count). The van der Waals surface area contributed by atoms with Crippen LogP contribution in [0, 0.1) is 17.2 Å². The molecule has 0 fully saturated rings. The average Bonchev–Trinajstić information content (AvgIpc) is 2.46. The van der Waals surface area contributed by atoms with Gasteiger partial charge in [-0.1, -0.05) is 27.7 Å². The Kier molecular flexibility index (Phi) is 6.42. The second kappa shape index (κ2) is 7.83. The second-order valence-corrected chi connectivity index (χ2v) is 5.92. The van der Waals surface area contributed by atoms with Crippen molar-refractivity contribution in [1.82, 2.24) is 0 Å². The van der Waals surface area contributed by atoms with Crippen LogP contribution < -0.4 is 4.90 Å². The first-order valence-corrected chi connectivity index (χ1v) is 7.76. The number of ketones is 1. The SMILES string of the molecule is CCC(CC)N(CC(C)C)c1cc(C#N)ccc1C(C)=O. The van der Waals surface area contributed by atoms with E-state index >= 15 is 0 Å². The summed E-state index contributed by atoms with van der Waals surface area (Å²) in [5.41, 5.74) is 2.22. The third-order valence-electron chi connectivity index (χ3n) is 3.76. The molecule has 0 saturated heterocycles. The Morgan fingerprint density at radius 3 is 2.33 bits per heavy atom. The highest BCUT2D eigenvalue weighted by Gasteiger charge is 2.21. The van der Waals surface area contributed by atoms with Crippen molar-refractivity contribution in [2.24, 2.45) is 5.92 Å². The van der Waals surface area contributed by atoms with Gasteiger partial charge in [0.15, 0.2) is 5.78 Å². The normalized spacial score (nSPS) is 10.8. The van der Waals surface area contributed by atoms with Gasteiger partial charge < -0.3 is 4.90 Å². The van der Waals surface area contributed by atoms with Crippen molar-refractivity contribution in [3.05, 3.63) is 29.3 Å². The Morgan fingerprint density at radius 2 is 1.90 bits per heavy atom. The lowest BCUT2D eigenvalue weighted by molar-refractivity contribution is 0.101. The molecule has 0 spiro atoms. The van der Waals surface area contributed by atoms with E-state index in [9.17, 15) is 4.79 Å². The van der Waals surface area contributed by atoms with Crippen molar-refractivity contribution < 1.29 is 4.79 Å². The average molecular weight is 286 g/mol. The zero-order valence-electron chi connectivity index (χ0n) is 13.8. The van der Waals surface area contributed by atoms with Crippen LogP contribution in [0.4, 0.5) is 5.69 Å². The van der Waals surface area contributed by atoms with E-state index in [2.05, 4.69) is 38.7 Å². The minimum Gasteiger partial charge on any atom is -0.368 e. The van der Waals surface area contributed by atoms with Crippen molar-refractivity contribution in [3.8, 4) is 6.07 Å². The van der Waals surface area contributed by atoms with Gasteiger partial charge in [0.1, 0.15) is 0 Å². The standard InChI is InChI=1S/C18H26N2O/c1-6-16(7-2)20(12-13(3)4)18-10-15(11-19)8-9-17(18)14(5)21/h8-10,13,16H,6-7,12H2,1-5H3. The van der Waals surface area contributed by atoms with Gasteiger partial charge in [-0.15, -0.1) is 0 Å². The molecular formula is C18H26N2O. The van der Waals surface area contributed by atoms with E-state index in [1.54, 1.807) is 19.1 Å². The Morgan fingerprint density at radius 1 is 1.29 bits per heavy atom. The molecule has 0 unspecified atom stereocenters. The van der Waals surface area contributed by atoms with Gasteiger partial charge in [-0.3, -0.25) is 4.79 Å². The molecule has 114 valence electrons. The molecule has 0 radical (unpaired) electrons. The molecule has 21 heavy (non-hydrogen) atoms. The molecule has 0 atom stereocenters. The van der Waals surface area contributed by atoms with Crippen molar-refractivity contribution in [2.45, 2.75) is 53.5 Å². The first-order chi connectivity index (χ1) is 9.94. The minimum absolute atomic E-state index is 0.0502. The molecule has 0 heterocycles. The van der Waals surface area contributed by atoms with Gasteiger partial charge in [0.25, 0.3) is 0 Å². The molecule has 1 aromatic carbocycles. The molecule has 3 nitrogen and oxygen atoms in total. The number of Topliss-reactive ketones (excluding diaryl/α,β-unsaturated/α-hetero) is 1. The third-order valence-corrected chi connectivity index (χ3v) is 3.76. The summed E-state index contributed by atoms with van der Waals surface area (Å²) in [6.45, 7) is 11.2. The van der Waals surface area contributed by atoms with Crippen LogP contribution in [0.5, 0.6) is 0 Å². The second-order valence-electron chi connectivity index (χ2n) is 5.92. The molecule has 0 aliphatic heterocycles. The van der Waals surface area contributed by atoms with E-state index < -0.39 is 0 Å². The molecule has 0 amide bonds. The zero-order chi connectivity index (χ0) is 16.0. The summed E-state index contributed by atoms with van der Waals surface area (Å²) in [6, 6.07) is 7.93. The number of anilines is 1. The summed E-state index contributed by atoms with van der Waals surface area (Å²) in [7, 11) is 0. The smallest absolute Gasteiger partial charge is 0.161 e. The summed E-state index contributed by atoms with van der Waals surface area (Å²) >= 11 is 0. The summed E-state index contributed by atoms with van der Waals surface area (Å²) < 4.78 is 0. The molecule has 0 aliphatic carbocycles. The van der Waals surface area contributed by atoms with Crippen LogP contribution in [0.3, 0.4) is 0 Å². The number of hydrogen-bond acceptors (Lipinski definition) is 3. The number of nitrogens with zero attached hydrogens (tertiary/aromatic N) is 2. The fraction of sp³-hybridized carbons (Fsp3) is 0.556. The minimum atomic E-state index is 0.0502. The van der Waals surface area contributed by atoms with E-state index in [1.165, 1.54) is 0 Å². The predicted octanol–water partition coefficient (Wildman–Crippen LogP) is 4.41. The number of benzene rings is 1. The molecule has 3 heteroatoms. The van der Waals surface area contributed by atoms with Gasteiger partial charge >= 0.3 is 0 Å². The van der Waals surface area contributed by atoms with Gasteiger partial charge in [-0.25, -0.2) is 0 Å². The van der Waals surface area contributed by atoms with Crippen molar-refractivity contribution >= 4 is 11.5 Å². The molecule has 0 N–H and O–H groups in total. The van der Waals surface area contributed by atoms with Crippen LogP contribution in [-0.4, -0.2) is 18.4 Å². The number of rotatable bonds is 7. The number of nitriles is 1. The fourth-order valence-electron chi connectivity index (χ4n) is 2.70. The molecule has 0 aliphatic rings. The summed E-state index contributed by atoms with van der Waals surface area (Å²) in [5, 5.41) is 9.15. The van der Waals surface area contributed by atoms with E-state index in [0.29, 0.717) is 23.1 Å². The van der Waals surface area contributed by atoms with Crippen LogP contribution in [-0.2, 0) is 0 Å². The highest BCUT2D eigenvalue weighted by Crippen LogP contribution is 2.28. The first-order valence-electron chi connectivity index (χ1n) is 7.76. The van der Waals surface area contributed by atoms with Crippen LogP contribution in [0.1, 0.15) is 63.4 Å². The molecule has 0 aromatic heterocycles. The van der Waals surface area contributed by atoms with Gasteiger partial charge in [0.2, 0.25) is 0 Å². The lowest BCUT2D eigenvalue weighted by Crippen LogP contribution is -2.38. The Labute approximate surface area is 128 Å². The van der Waals surface area contributed by atoms with Crippen LogP contribution in [0.25, 0.3) is 0 Å². The van der Waals surface area contributed by atoms with Crippen molar-refractivity contribution in [2.75, 3.05) is 11.4 Å². The van der Waals surface area contributed by atoms with E-state index in [0.717, 1.165) is 25.1 Å². The van der Waals surface area contributed by atoms with Gasteiger partial charge in [0, 0.05) is 23.8 Å². The fourth-order valence-corrected chi connectivity index (χ4v) is 2.70. The monoisotopic (exact) mass is 286 g/mol. The maximum Gasteiger partial charge on any atom is 0.161 e. The van der Waals surface area contributed by atoms with E-state index in [1.807, 2.05) is 6.07 Å². The van der Waals surface area contributed by atoms with Gasteiger partial charge in [-0.2, -0.15) is 5.26 Å². The molecule has 1 aromatic rings. The van der Waals surface area contributed by atoms with Crippen LogP contribution in [0.15, 0.2) is 18.2 Å². The maximum atomic E-state index is 11.9. The van der Waals surface area contributed by atoms with Gasteiger partial charge in [-0.05, 0) is 43.9 Å². The third kappa shape index (κ3) is 4.32. The summed E-state index contributed by atoms with van der Waals surface area (Å²) in [4.78, 5) is 14.3. The quantitative estimate of drug-likeness (QED) is 0.697. The number of hydrogen-bond donors (Lipinski definition) is 0. The lowest BCUT2D eigenvalue weighted by Gasteiger charge is -2.35. The zero-order valence-corrected chi connectivity index (χ0v) is 13.8. The van der Waals surface area contributed by atoms with Crippen LogP contribution >= 0.6 is 0 Å². The van der Waals surface area contributed by atoms with Crippen molar-refractivity contribution in [1.29, 1.82) is 5.26 Å². The van der Waals surface area contributed by atoms with Gasteiger partial charge in [0.05, 0.1) is 11.6 Å². The van der Waals surface area contributed by atoms with E-state index in [-0.39, 0.29) is 5.78 Å². The Bertz CT molecular complexity index is 525. The Hall–Kier alpha value is -1.82. The predicted molar refractivity (Wildman–Crippen MR) is 87.7 cm³/mol. The molecule has 0 bridgehead atoms. The van der Waals surface area contributed by atoms with E-state index in [4.69, 9.17) is 5.26 Å². The highest BCUT2D eigenvalue weighted by atomic mass is 16.1. The lowest BCUT2D eigenvalue weighted by atomic mass is 10.0. The largest absolute Gasteiger partial charge is 0.368 e. The molecule has 0 saturated carbocycles. The maximum absolute atomic E-state index is 11.9. The first kappa shape index (κ1) is 17.2.